The summed E-state index contributed by atoms with van der Waals surface area (Å²) in [5, 5.41) is 11.1. The Morgan fingerprint density at radius 1 is 1.00 bits per heavy atom. The molecule has 0 atom stereocenters. The van der Waals surface area contributed by atoms with Crippen molar-refractivity contribution in [2.45, 2.75) is 13.8 Å². The number of barbiturate groups is 1. The highest BCUT2D eigenvalue weighted by molar-refractivity contribution is 6.39. The first-order valence-corrected chi connectivity index (χ1v) is 10.9. The van der Waals surface area contributed by atoms with Crippen molar-refractivity contribution in [3.8, 4) is 28.9 Å². The van der Waals surface area contributed by atoms with Gasteiger partial charge in [-0.3, -0.25) is 14.9 Å². The number of furan rings is 1. The third-order valence-electron chi connectivity index (χ3n) is 5.10. The zero-order chi connectivity index (χ0) is 24.9. The molecule has 1 N–H and O–H groups in total. The molecule has 0 saturated carbocycles. The zero-order valence-corrected chi connectivity index (χ0v) is 19.0. The van der Waals surface area contributed by atoms with E-state index in [9.17, 15) is 14.4 Å². The number of nitrogens with zero attached hydrogens (tertiary/aromatic N) is 2. The van der Waals surface area contributed by atoms with E-state index in [2.05, 4.69) is 5.32 Å². The molecule has 0 spiro atoms. The summed E-state index contributed by atoms with van der Waals surface area (Å²) in [4.78, 5) is 39.3. The maximum absolute atomic E-state index is 13.3. The number of rotatable bonds is 7. The van der Waals surface area contributed by atoms with Gasteiger partial charge in [0.05, 0.1) is 30.5 Å². The lowest BCUT2D eigenvalue weighted by atomic mass is 10.1. The minimum atomic E-state index is -0.889. The number of carbonyl (C=O) groups excluding carboxylic acids is 3. The van der Waals surface area contributed by atoms with Crippen LogP contribution in [0, 0.1) is 11.3 Å². The van der Waals surface area contributed by atoms with E-state index in [4.69, 9.17) is 19.2 Å². The Morgan fingerprint density at radius 3 is 2.43 bits per heavy atom. The van der Waals surface area contributed by atoms with Crippen molar-refractivity contribution >= 4 is 29.6 Å². The SMILES string of the molecule is CCOc1ccc(N2C(=O)NC(=O)/C(=C\c3ccc(-c4ccc(C#N)cc4)o3)C2=O)c(OCC)c1. The van der Waals surface area contributed by atoms with Crippen LogP contribution in [0.4, 0.5) is 10.5 Å². The van der Waals surface area contributed by atoms with E-state index in [0.717, 1.165) is 10.5 Å². The van der Waals surface area contributed by atoms with Crippen LogP contribution in [-0.2, 0) is 9.59 Å². The highest BCUT2D eigenvalue weighted by Gasteiger charge is 2.38. The standard InChI is InChI=1S/C26H21N3O6/c1-3-33-18-9-11-21(23(14-18)34-4-2)29-25(31)20(24(30)28-26(29)32)13-19-10-12-22(35-19)17-7-5-16(15-27)6-8-17/h5-14H,3-4H2,1-2H3,(H,28,30,32)/b20-13+. The molecular weight excluding hydrogens is 450 g/mol. The minimum Gasteiger partial charge on any atom is -0.494 e. The summed E-state index contributed by atoms with van der Waals surface area (Å²) in [6.45, 7) is 4.33. The third-order valence-corrected chi connectivity index (χ3v) is 5.10. The summed E-state index contributed by atoms with van der Waals surface area (Å²) < 4.78 is 16.9. The molecule has 1 fully saturated rings. The summed E-state index contributed by atoms with van der Waals surface area (Å²) in [7, 11) is 0. The fourth-order valence-corrected chi connectivity index (χ4v) is 3.52. The van der Waals surface area contributed by atoms with Gasteiger partial charge in [0.1, 0.15) is 28.6 Å². The Bertz CT molecular complexity index is 1360. The van der Waals surface area contributed by atoms with Crippen LogP contribution in [0.15, 0.2) is 64.6 Å². The van der Waals surface area contributed by atoms with E-state index in [0.29, 0.717) is 30.3 Å². The molecule has 9 heteroatoms. The number of anilines is 1. The van der Waals surface area contributed by atoms with Gasteiger partial charge in [-0.2, -0.15) is 5.26 Å². The number of urea groups is 1. The molecule has 2 heterocycles. The molecule has 2 aromatic carbocycles. The van der Waals surface area contributed by atoms with Crippen molar-refractivity contribution in [3.63, 3.8) is 0 Å². The van der Waals surface area contributed by atoms with Crippen molar-refractivity contribution in [1.29, 1.82) is 5.26 Å². The van der Waals surface area contributed by atoms with E-state index in [1.54, 1.807) is 55.5 Å². The van der Waals surface area contributed by atoms with Crippen molar-refractivity contribution in [2.75, 3.05) is 18.1 Å². The Hall–Kier alpha value is -4.84. The summed E-state index contributed by atoms with van der Waals surface area (Å²) in [6, 6.07) is 15.9. The van der Waals surface area contributed by atoms with E-state index in [1.807, 2.05) is 13.0 Å². The van der Waals surface area contributed by atoms with Crippen LogP contribution in [0.5, 0.6) is 11.5 Å². The fourth-order valence-electron chi connectivity index (χ4n) is 3.52. The zero-order valence-electron chi connectivity index (χ0n) is 19.0. The van der Waals surface area contributed by atoms with E-state index in [-0.39, 0.29) is 22.8 Å². The lowest BCUT2D eigenvalue weighted by Crippen LogP contribution is -2.54. The largest absolute Gasteiger partial charge is 0.494 e. The lowest BCUT2D eigenvalue weighted by molar-refractivity contribution is -0.122. The molecular formula is C26H21N3O6. The van der Waals surface area contributed by atoms with Gasteiger partial charge in [0, 0.05) is 11.6 Å². The molecule has 0 unspecified atom stereocenters. The number of ether oxygens (including phenoxy) is 2. The first kappa shape index (κ1) is 23.3. The highest BCUT2D eigenvalue weighted by atomic mass is 16.5. The van der Waals surface area contributed by atoms with Gasteiger partial charge in [-0.1, -0.05) is 0 Å². The number of carbonyl (C=O) groups is 3. The molecule has 1 aliphatic rings. The molecule has 1 aliphatic heterocycles. The van der Waals surface area contributed by atoms with Crippen molar-refractivity contribution in [1.82, 2.24) is 5.32 Å². The van der Waals surface area contributed by atoms with Crippen molar-refractivity contribution in [2.24, 2.45) is 0 Å². The molecule has 0 aliphatic carbocycles. The normalized spacial score (nSPS) is 14.6. The number of imide groups is 2. The van der Waals surface area contributed by atoms with Crippen LogP contribution in [0.25, 0.3) is 17.4 Å². The Balaban J connectivity index is 1.67. The van der Waals surface area contributed by atoms with Crippen molar-refractivity contribution < 1.29 is 28.3 Å². The Labute approximate surface area is 201 Å². The second-order valence-corrected chi connectivity index (χ2v) is 7.34. The number of hydrogen-bond acceptors (Lipinski definition) is 7. The van der Waals surface area contributed by atoms with Crippen LogP contribution in [-0.4, -0.2) is 31.1 Å². The van der Waals surface area contributed by atoms with Gasteiger partial charge in [-0.05, 0) is 68.5 Å². The smallest absolute Gasteiger partial charge is 0.336 e. The van der Waals surface area contributed by atoms with Crippen molar-refractivity contribution in [3.05, 3.63) is 71.5 Å². The Morgan fingerprint density at radius 2 is 1.74 bits per heavy atom. The van der Waals surface area contributed by atoms with E-state index >= 15 is 0 Å². The molecule has 3 aromatic rings. The highest BCUT2D eigenvalue weighted by Crippen LogP contribution is 2.35. The van der Waals surface area contributed by atoms with Gasteiger partial charge in [0.15, 0.2) is 0 Å². The summed E-state index contributed by atoms with van der Waals surface area (Å²) in [5.74, 6) is -0.146. The van der Waals surface area contributed by atoms with Gasteiger partial charge in [-0.15, -0.1) is 0 Å². The molecule has 0 radical (unpaired) electrons. The first-order valence-electron chi connectivity index (χ1n) is 10.9. The average molecular weight is 471 g/mol. The number of nitriles is 1. The molecule has 35 heavy (non-hydrogen) atoms. The summed E-state index contributed by atoms with van der Waals surface area (Å²) in [5.41, 5.74) is 1.13. The van der Waals surface area contributed by atoms with Crippen LogP contribution in [0.3, 0.4) is 0 Å². The van der Waals surface area contributed by atoms with Gasteiger partial charge < -0.3 is 13.9 Å². The third kappa shape index (κ3) is 4.77. The summed E-state index contributed by atoms with van der Waals surface area (Å²) in [6.07, 6.45) is 1.28. The topological polar surface area (TPSA) is 122 Å². The minimum absolute atomic E-state index is 0.175. The molecule has 176 valence electrons. The van der Waals surface area contributed by atoms with Crippen LogP contribution in [0.1, 0.15) is 25.2 Å². The monoisotopic (exact) mass is 471 g/mol. The summed E-state index contributed by atoms with van der Waals surface area (Å²) >= 11 is 0. The molecule has 9 nitrogen and oxygen atoms in total. The lowest BCUT2D eigenvalue weighted by Gasteiger charge is -2.27. The number of nitrogens with one attached hydrogen (secondary N) is 1. The molecule has 4 rings (SSSR count). The van der Waals surface area contributed by atoms with Crippen LogP contribution >= 0.6 is 0 Å². The first-order chi connectivity index (χ1) is 16.9. The fraction of sp³-hybridized carbons (Fsp3) is 0.154. The van der Waals surface area contributed by atoms with Gasteiger partial charge >= 0.3 is 6.03 Å². The second kappa shape index (κ2) is 9.97. The van der Waals surface area contributed by atoms with Gasteiger partial charge in [0.2, 0.25) is 0 Å². The Kier molecular flexibility index (Phi) is 6.64. The maximum Gasteiger partial charge on any atom is 0.336 e. The van der Waals surface area contributed by atoms with Gasteiger partial charge in [-0.25, -0.2) is 9.69 Å². The van der Waals surface area contributed by atoms with E-state index < -0.39 is 17.8 Å². The predicted molar refractivity (Wildman–Crippen MR) is 127 cm³/mol. The number of hydrogen-bond donors (Lipinski definition) is 1. The van der Waals surface area contributed by atoms with Crippen LogP contribution < -0.4 is 19.7 Å². The number of benzene rings is 2. The molecule has 0 bridgehead atoms. The predicted octanol–water partition coefficient (Wildman–Crippen LogP) is 4.28. The maximum atomic E-state index is 13.3. The quantitative estimate of drug-likeness (QED) is 0.403. The van der Waals surface area contributed by atoms with E-state index in [1.165, 1.54) is 12.1 Å². The van der Waals surface area contributed by atoms with Gasteiger partial charge in [0.25, 0.3) is 11.8 Å². The van der Waals surface area contributed by atoms with Crippen LogP contribution in [0.2, 0.25) is 0 Å². The second-order valence-electron chi connectivity index (χ2n) is 7.34. The molecule has 1 saturated heterocycles. The average Bonchev–Trinajstić information content (AvgIpc) is 3.32. The molecule has 1 aromatic heterocycles. The molecule has 4 amide bonds. The number of amides is 4.